The van der Waals surface area contributed by atoms with Crippen LogP contribution in [0.1, 0.15) is 27.5 Å². The van der Waals surface area contributed by atoms with Gasteiger partial charge in [-0.05, 0) is 29.3 Å². The molecule has 1 aliphatic rings. The maximum Gasteiger partial charge on any atom is 0.251 e. The number of carbonyl (C=O) groups excluding carboxylic acids is 1. The summed E-state index contributed by atoms with van der Waals surface area (Å²) in [6, 6.07) is 11.0. The SMILES string of the molecule is O=C(N[C@@H]1c2ccccc2C[C@@H]1O)c1ccc(O)c(O)c1. The maximum atomic E-state index is 12.2. The number of phenolic OH excluding ortho intramolecular Hbond substituents is 2. The lowest BCUT2D eigenvalue weighted by Crippen LogP contribution is -2.33. The van der Waals surface area contributed by atoms with Crippen molar-refractivity contribution in [2.75, 3.05) is 0 Å². The molecule has 2 atom stereocenters. The summed E-state index contributed by atoms with van der Waals surface area (Å²) in [5.41, 5.74) is 2.15. The van der Waals surface area contributed by atoms with E-state index in [-0.39, 0.29) is 17.1 Å². The summed E-state index contributed by atoms with van der Waals surface area (Å²) in [7, 11) is 0. The maximum absolute atomic E-state index is 12.2. The van der Waals surface area contributed by atoms with Gasteiger partial charge in [0, 0.05) is 12.0 Å². The van der Waals surface area contributed by atoms with Gasteiger partial charge in [0.2, 0.25) is 0 Å². The van der Waals surface area contributed by atoms with Crippen LogP contribution in [-0.4, -0.2) is 27.3 Å². The third kappa shape index (κ3) is 2.43. The van der Waals surface area contributed by atoms with Gasteiger partial charge in [-0.15, -0.1) is 0 Å². The lowest BCUT2D eigenvalue weighted by Gasteiger charge is -2.18. The van der Waals surface area contributed by atoms with E-state index >= 15 is 0 Å². The van der Waals surface area contributed by atoms with Crippen LogP contribution >= 0.6 is 0 Å². The van der Waals surface area contributed by atoms with E-state index in [1.54, 1.807) is 0 Å². The minimum absolute atomic E-state index is 0.224. The van der Waals surface area contributed by atoms with Crippen LogP contribution in [0.5, 0.6) is 11.5 Å². The first-order valence-electron chi connectivity index (χ1n) is 6.65. The number of aromatic hydroxyl groups is 2. The summed E-state index contributed by atoms with van der Waals surface area (Å²) in [6.45, 7) is 0. The van der Waals surface area contributed by atoms with Gasteiger partial charge in [0.1, 0.15) is 0 Å². The highest BCUT2D eigenvalue weighted by Crippen LogP contribution is 2.32. The van der Waals surface area contributed by atoms with Crippen LogP contribution < -0.4 is 5.32 Å². The fourth-order valence-electron chi connectivity index (χ4n) is 2.64. The molecule has 0 radical (unpaired) electrons. The number of rotatable bonds is 2. The summed E-state index contributed by atoms with van der Waals surface area (Å²) in [6.07, 6.45) is -0.167. The molecule has 0 saturated carbocycles. The molecule has 1 amide bonds. The van der Waals surface area contributed by atoms with Crippen molar-refractivity contribution in [2.24, 2.45) is 0 Å². The Hall–Kier alpha value is -2.53. The van der Waals surface area contributed by atoms with Crippen LogP contribution in [0.15, 0.2) is 42.5 Å². The van der Waals surface area contributed by atoms with Gasteiger partial charge in [0.25, 0.3) is 5.91 Å². The number of aliphatic hydroxyl groups is 1. The lowest BCUT2D eigenvalue weighted by molar-refractivity contribution is 0.0858. The van der Waals surface area contributed by atoms with Gasteiger partial charge in [-0.2, -0.15) is 0 Å². The molecule has 0 unspecified atom stereocenters. The van der Waals surface area contributed by atoms with Crippen LogP contribution in [0.4, 0.5) is 0 Å². The Morgan fingerprint density at radius 1 is 1.10 bits per heavy atom. The molecule has 0 fully saturated rings. The number of hydrogen-bond donors (Lipinski definition) is 4. The minimum Gasteiger partial charge on any atom is -0.504 e. The van der Waals surface area contributed by atoms with Crippen LogP contribution in [0.3, 0.4) is 0 Å². The fourth-order valence-corrected chi connectivity index (χ4v) is 2.64. The van der Waals surface area contributed by atoms with Gasteiger partial charge in [-0.1, -0.05) is 24.3 Å². The van der Waals surface area contributed by atoms with Crippen LogP contribution in [0.2, 0.25) is 0 Å². The molecule has 0 bridgehead atoms. The van der Waals surface area contributed by atoms with Crippen molar-refractivity contribution in [2.45, 2.75) is 18.6 Å². The molecule has 4 N–H and O–H groups in total. The Bertz CT molecular complexity index is 698. The van der Waals surface area contributed by atoms with Crippen LogP contribution in [0.25, 0.3) is 0 Å². The Morgan fingerprint density at radius 3 is 2.62 bits per heavy atom. The van der Waals surface area contributed by atoms with Crippen molar-refractivity contribution in [3.8, 4) is 11.5 Å². The van der Waals surface area contributed by atoms with Crippen molar-refractivity contribution >= 4 is 5.91 Å². The van der Waals surface area contributed by atoms with E-state index in [4.69, 9.17) is 0 Å². The molecule has 0 aliphatic heterocycles. The highest BCUT2D eigenvalue weighted by molar-refractivity contribution is 5.95. The summed E-state index contributed by atoms with van der Waals surface area (Å²) >= 11 is 0. The third-order valence-corrected chi connectivity index (χ3v) is 3.73. The van der Waals surface area contributed by atoms with E-state index in [9.17, 15) is 20.1 Å². The molecule has 2 aromatic carbocycles. The molecule has 0 spiro atoms. The Labute approximate surface area is 121 Å². The Kier molecular flexibility index (Phi) is 3.27. The smallest absolute Gasteiger partial charge is 0.251 e. The standard InChI is InChI=1S/C16H15NO4/c18-12-6-5-10(8-13(12)19)16(21)17-15-11-4-2-1-3-9(11)7-14(15)20/h1-6,8,14-15,18-20H,7H2,(H,17,21)/t14-,15+/m0/s1. The topological polar surface area (TPSA) is 89.8 Å². The first-order valence-corrected chi connectivity index (χ1v) is 6.65. The number of carbonyl (C=O) groups is 1. The van der Waals surface area contributed by atoms with E-state index in [0.717, 1.165) is 11.1 Å². The zero-order valence-electron chi connectivity index (χ0n) is 11.2. The second-order valence-electron chi connectivity index (χ2n) is 5.12. The van der Waals surface area contributed by atoms with Crippen LogP contribution in [0, 0.1) is 0 Å². The van der Waals surface area contributed by atoms with Crippen molar-refractivity contribution in [3.63, 3.8) is 0 Å². The molecule has 5 nitrogen and oxygen atoms in total. The molecule has 0 saturated heterocycles. The van der Waals surface area contributed by atoms with Gasteiger partial charge in [-0.25, -0.2) is 0 Å². The highest BCUT2D eigenvalue weighted by Gasteiger charge is 2.32. The summed E-state index contributed by atoms with van der Waals surface area (Å²) in [4.78, 5) is 12.2. The Balaban J connectivity index is 1.83. The molecule has 3 rings (SSSR count). The summed E-state index contributed by atoms with van der Waals surface area (Å²) in [5.74, 6) is -1.04. The number of nitrogens with one attached hydrogen (secondary N) is 1. The summed E-state index contributed by atoms with van der Waals surface area (Å²) in [5, 5.41) is 31.6. The van der Waals surface area contributed by atoms with Gasteiger partial charge < -0.3 is 20.6 Å². The van der Waals surface area contributed by atoms with Gasteiger partial charge in [-0.3, -0.25) is 4.79 Å². The number of benzene rings is 2. The second-order valence-corrected chi connectivity index (χ2v) is 5.12. The summed E-state index contributed by atoms with van der Waals surface area (Å²) < 4.78 is 0. The number of aliphatic hydroxyl groups excluding tert-OH is 1. The van der Waals surface area contributed by atoms with Gasteiger partial charge in [0.15, 0.2) is 11.5 Å². The number of phenols is 2. The molecule has 2 aromatic rings. The van der Waals surface area contributed by atoms with E-state index in [1.165, 1.54) is 18.2 Å². The fraction of sp³-hybridized carbons (Fsp3) is 0.188. The molecule has 108 valence electrons. The largest absolute Gasteiger partial charge is 0.504 e. The lowest BCUT2D eigenvalue weighted by atomic mass is 10.1. The minimum atomic E-state index is -0.669. The van der Waals surface area contributed by atoms with Gasteiger partial charge >= 0.3 is 0 Å². The molecule has 0 aromatic heterocycles. The van der Waals surface area contributed by atoms with Crippen molar-refractivity contribution in [1.29, 1.82) is 0 Å². The first-order chi connectivity index (χ1) is 10.1. The predicted octanol–water partition coefficient (Wildman–Crippen LogP) is 1.49. The molecule has 0 heterocycles. The molecular formula is C16H15NO4. The average Bonchev–Trinajstić information content (AvgIpc) is 2.78. The van der Waals surface area contributed by atoms with E-state index in [1.807, 2.05) is 24.3 Å². The quantitative estimate of drug-likeness (QED) is 0.629. The molecular weight excluding hydrogens is 270 g/mol. The highest BCUT2D eigenvalue weighted by atomic mass is 16.3. The Morgan fingerprint density at radius 2 is 1.86 bits per heavy atom. The monoisotopic (exact) mass is 285 g/mol. The zero-order valence-corrected chi connectivity index (χ0v) is 11.2. The average molecular weight is 285 g/mol. The predicted molar refractivity (Wildman–Crippen MR) is 76.1 cm³/mol. The van der Waals surface area contributed by atoms with E-state index in [0.29, 0.717) is 6.42 Å². The number of amides is 1. The molecule has 5 heteroatoms. The van der Waals surface area contributed by atoms with Crippen molar-refractivity contribution in [1.82, 2.24) is 5.32 Å². The van der Waals surface area contributed by atoms with E-state index < -0.39 is 18.1 Å². The molecule has 21 heavy (non-hydrogen) atoms. The zero-order chi connectivity index (χ0) is 15.0. The van der Waals surface area contributed by atoms with E-state index in [2.05, 4.69) is 5.32 Å². The number of hydrogen-bond acceptors (Lipinski definition) is 4. The normalized spacial score (nSPS) is 20.0. The second kappa shape index (κ2) is 5.10. The van der Waals surface area contributed by atoms with Crippen LogP contribution in [-0.2, 0) is 6.42 Å². The van der Waals surface area contributed by atoms with Crippen molar-refractivity contribution < 1.29 is 20.1 Å². The number of fused-ring (bicyclic) bond motifs is 1. The first kappa shape index (κ1) is 13.5. The molecule has 1 aliphatic carbocycles. The van der Waals surface area contributed by atoms with Crippen molar-refractivity contribution in [3.05, 3.63) is 59.2 Å². The van der Waals surface area contributed by atoms with Gasteiger partial charge in [0.05, 0.1) is 12.1 Å². The third-order valence-electron chi connectivity index (χ3n) is 3.73.